The Morgan fingerprint density at radius 2 is 2.10 bits per heavy atom. The highest BCUT2D eigenvalue weighted by Crippen LogP contribution is 2.33. The fourth-order valence-electron chi connectivity index (χ4n) is 1.61. The Kier molecular flexibility index (Phi) is 4.39. The summed E-state index contributed by atoms with van der Waals surface area (Å²) in [5.74, 6) is 1.01. The highest BCUT2D eigenvalue weighted by Gasteiger charge is 2.18. The van der Waals surface area contributed by atoms with Gasteiger partial charge < -0.3 is 14.8 Å². The molecule has 0 fully saturated rings. The number of halogens is 1. The third-order valence-corrected chi connectivity index (χ3v) is 2.78. The monoisotopic (exact) mass is 310 g/mol. The molecule has 0 atom stereocenters. The van der Waals surface area contributed by atoms with Gasteiger partial charge in [0, 0.05) is 6.07 Å². The van der Waals surface area contributed by atoms with Crippen molar-refractivity contribution in [2.24, 2.45) is 0 Å². The summed E-state index contributed by atoms with van der Waals surface area (Å²) in [5.41, 5.74) is 0.188. The SMILES string of the molecule is COc1ccc(Nc2nc(Cl)ncc2[N+](=O)[O-])c(OC)c1. The minimum absolute atomic E-state index is 0.0246. The molecule has 1 heterocycles. The molecular weight excluding hydrogens is 300 g/mol. The third kappa shape index (κ3) is 3.29. The predicted molar refractivity (Wildman–Crippen MR) is 76.5 cm³/mol. The van der Waals surface area contributed by atoms with Crippen molar-refractivity contribution in [3.63, 3.8) is 0 Å². The van der Waals surface area contributed by atoms with E-state index in [9.17, 15) is 10.1 Å². The van der Waals surface area contributed by atoms with Gasteiger partial charge in [-0.15, -0.1) is 0 Å². The van der Waals surface area contributed by atoms with E-state index in [0.717, 1.165) is 6.20 Å². The van der Waals surface area contributed by atoms with Gasteiger partial charge in [-0.25, -0.2) is 4.98 Å². The van der Waals surface area contributed by atoms with Crippen LogP contribution in [-0.4, -0.2) is 29.1 Å². The maximum Gasteiger partial charge on any atom is 0.329 e. The number of methoxy groups -OCH3 is 2. The van der Waals surface area contributed by atoms with E-state index in [0.29, 0.717) is 17.2 Å². The van der Waals surface area contributed by atoms with Crippen LogP contribution in [0.2, 0.25) is 5.28 Å². The maximum atomic E-state index is 11.0. The fourth-order valence-corrected chi connectivity index (χ4v) is 1.74. The molecule has 1 aromatic heterocycles. The summed E-state index contributed by atoms with van der Waals surface area (Å²) in [6.07, 6.45) is 1.04. The van der Waals surface area contributed by atoms with Gasteiger partial charge in [-0.05, 0) is 23.7 Å². The quantitative estimate of drug-likeness (QED) is 0.515. The summed E-state index contributed by atoms with van der Waals surface area (Å²) in [6, 6.07) is 4.97. The molecule has 0 aliphatic rings. The van der Waals surface area contributed by atoms with Crippen LogP contribution in [0, 0.1) is 10.1 Å². The Bertz CT molecular complexity index is 680. The Balaban J connectivity index is 2.42. The van der Waals surface area contributed by atoms with Crippen LogP contribution in [0.15, 0.2) is 24.4 Å². The molecule has 0 radical (unpaired) electrons. The van der Waals surface area contributed by atoms with Gasteiger partial charge in [-0.2, -0.15) is 4.98 Å². The molecule has 1 aromatic carbocycles. The summed E-state index contributed by atoms with van der Waals surface area (Å²) < 4.78 is 10.3. The lowest BCUT2D eigenvalue weighted by Gasteiger charge is -2.12. The topological polar surface area (TPSA) is 99.4 Å². The van der Waals surface area contributed by atoms with Crippen LogP contribution in [0.5, 0.6) is 11.5 Å². The Morgan fingerprint density at radius 3 is 2.71 bits per heavy atom. The highest BCUT2D eigenvalue weighted by atomic mass is 35.5. The molecule has 110 valence electrons. The van der Waals surface area contributed by atoms with Crippen LogP contribution in [0.3, 0.4) is 0 Å². The van der Waals surface area contributed by atoms with Crippen molar-refractivity contribution in [1.29, 1.82) is 0 Å². The molecule has 8 nitrogen and oxygen atoms in total. The lowest BCUT2D eigenvalue weighted by molar-refractivity contribution is -0.384. The number of nitro groups is 1. The van der Waals surface area contributed by atoms with Crippen LogP contribution in [-0.2, 0) is 0 Å². The number of nitrogens with zero attached hydrogens (tertiary/aromatic N) is 3. The van der Waals surface area contributed by atoms with E-state index < -0.39 is 4.92 Å². The largest absolute Gasteiger partial charge is 0.497 e. The fraction of sp³-hybridized carbons (Fsp3) is 0.167. The zero-order chi connectivity index (χ0) is 15.4. The van der Waals surface area contributed by atoms with Gasteiger partial charge in [0.2, 0.25) is 11.1 Å². The molecule has 9 heteroatoms. The van der Waals surface area contributed by atoms with Gasteiger partial charge in [0.25, 0.3) is 0 Å². The second-order valence-corrected chi connectivity index (χ2v) is 4.16. The van der Waals surface area contributed by atoms with E-state index in [2.05, 4.69) is 15.3 Å². The van der Waals surface area contributed by atoms with Gasteiger partial charge >= 0.3 is 5.69 Å². The molecule has 2 aromatic rings. The average Bonchev–Trinajstić information content (AvgIpc) is 2.47. The second kappa shape index (κ2) is 6.23. The molecule has 0 saturated heterocycles. The molecule has 0 aliphatic carbocycles. The van der Waals surface area contributed by atoms with Crippen molar-refractivity contribution in [1.82, 2.24) is 9.97 Å². The number of ether oxygens (including phenoxy) is 2. The lowest BCUT2D eigenvalue weighted by atomic mass is 10.2. The summed E-state index contributed by atoms with van der Waals surface area (Å²) in [4.78, 5) is 17.8. The molecule has 0 bridgehead atoms. The van der Waals surface area contributed by atoms with Gasteiger partial charge in [-0.1, -0.05) is 0 Å². The number of hydrogen-bond acceptors (Lipinski definition) is 7. The molecule has 0 spiro atoms. The first-order valence-electron chi connectivity index (χ1n) is 5.71. The number of rotatable bonds is 5. The number of anilines is 2. The summed E-state index contributed by atoms with van der Waals surface area (Å²) in [6.45, 7) is 0. The van der Waals surface area contributed by atoms with E-state index in [4.69, 9.17) is 21.1 Å². The normalized spacial score (nSPS) is 10.0. The van der Waals surface area contributed by atoms with Gasteiger partial charge in [0.15, 0.2) is 0 Å². The zero-order valence-electron chi connectivity index (χ0n) is 11.2. The van der Waals surface area contributed by atoms with Crippen LogP contribution in [0.1, 0.15) is 0 Å². The van der Waals surface area contributed by atoms with Crippen LogP contribution in [0.4, 0.5) is 17.2 Å². The van der Waals surface area contributed by atoms with Crippen molar-refractivity contribution in [3.05, 3.63) is 39.8 Å². The molecule has 21 heavy (non-hydrogen) atoms. The second-order valence-electron chi connectivity index (χ2n) is 3.82. The number of hydrogen-bond donors (Lipinski definition) is 1. The lowest BCUT2D eigenvalue weighted by Crippen LogP contribution is -2.02. The predicted octanol–water partition coefficient (Wildman–Crippen LogP) is 2.80. The Labute approximate surface area is 124 Å². The number of nitrogens with one attached hydrogen (secondary N) is 1. The summed E-state index contributed by atoms with van der Waals surface area (Å²) in [7, 11) is 3.00. The average molecular weight is 311 g/mol. The van der Waals surface area contributed by atoms with Crippen LogP contribution >= 0.6 is 11.6 Å². The van der Waals surface area contributed by atoms with Crippen molar-refractivity contribution >= 4 is 28.8 Å². The first kappa shape index (κ1) is 14.8. The van der Waals surface area contributed by atoms with E-state index >= 15 is 0 Å². The van der Waals surface area contributed by atoms with E-state index in [-0.39, 0.29) is 16.8 Å². The van der Waals surface area contributed by atoms with Crippen molar-refractivity contribution in [3.8, 4) is 11.5 Å². The Hall–Kier alpha value is -2.61. The van der Waals surface area contributed by atoms with Crippen molar-refractivity contribution in [2.75, 3.05) is 19.5 Å². The van der Waals surface area contributed by atoms with Gasteiger partial charge in [0.1, 0.15) is 17.7 Å². The zero-order valence-corrected chi connectivity index (χ0v) is 11.9. The molecule has 0 unspecified atom stereocenters. The Morgan fingerprint density at radius 1 is 1.33 bits per heavy atom. The number of benzene rings is 1. The molecule has 0 saturated carbocycles. The maximum absolute atomic E-state index is 11.0. The van der Waals surface area contributed by atoms with E-state index in [1.165, 1.54) is 14.2 Å². The number of aromatic nitrogens is 2. The third-order valence-electron chi connectivity index (χ3n) is 2.60. The summed E-state index contributed by atoms with van der Waals surface area (Å²) >= 11 is 5.67. The molecule has 2 rings (SSSR count). The summed E-state index contributed by atoms with van der Waals surface area (Å²) in [5, 5.41) is 13.7. The van der Waals surface area contributed by atoms with Crippen molar-refractivity contribution in [2.45, 2.75) is 0 Å². The van der Waals surface area contributed by atoms with Crippen LogP contribution in [0.25, 0.3) is 0 Å². The molecule has 0 amide bonds. The van der Waals surface area contributed by atoms with E-state index in [1.54, 1.807) is 18.2 Å². The van der Waals surface area contributed by atoms with Gasteiger partial charge in [0.05, 0.1) is 24.8 Å². The van der Waals surface area contributed by atoms with Gasteiger partial charge in [-0.3, -0.25) is 10.1 Å². The standard InChI is InChI=1S/C12H11ClN4O4/c1-20-7-3-4-8(10(5-7)21-2)15-11-9(17(18)19)6-14-12(13)16-11/h3-6H,1-2H3,(H,14,15,16). The molecular formula is C12H11ClN4O4. The van der Waals surface area contributed by atoms with Crippen molar-refractivity contribution < 1.29 is 14.4 Å². The van der Waals surface area contributed by atoms with E-state index in [1.807, 2.05) is 0 Å². The van der Waals surface area contributed by atoms with Crippen LogP contribution < -0.4 is 14.8 Å². The minimum Gasteiger partial charge on any atom is -0.497 e. The smallest absolute Gasteiger partial charge is 0.329 e. The highest BCUT2D eigenvalue weighted by molar-refractivity contribution is 6.28. The first-order valence-corrected chi connectivity index (χ1v) is 6.09. The molecule has 0 aliphatic heterocycles. The molecule has 1 N–H and O–H groups in total. The first-order chi connectivity index (χ1) is 10.0. The minimum atomic E-state index is -0.603.